The van der Waals surface area contributed by atoms with Crippen molar-refractivity contribution in [3.05, 3.63) is 30.0 Å². The van der Waals surface area contributed by atoms with Gasteiger partial charge in [-0.25, -0.2) is 0 Å². The molecule has 1 aliphatic rings. The van der Waals surface area contributed by atoms with Crippen molar-refractivity contribution in [2.24, 2.45) is 0 Å². The highest BCUT2D eigenvalue weighted by Gasteiger charge is 2.30. The van der Waals surface area contributed by atoms with Crippen molar-refractivity contribution in [3.63, 3.8) is 0 Å². The second-order valence-corrected chi connectivity index (χ2v) is 6.43. The van der Waals surface area contributed by atoms with Gasteiger partial charge in [-0.15, -0.1) is 0 Å². The van der Waals surface area contributed by atoms with E-state index in [4.69, 9.17) is 0 Å². The predicted octanol–water partition coefficient (Wildman–Crippen LogP) is 3.03. The Kier molecular flexibility index (Phi) is 3.56. The van der Waals surface area contributed by atoms with E-state index in [1.807, 2.05) is 0 Å². The van der Waals surface area contributed by atoms with Crippen molar-refractivity contribution in [3.8, 4) is 0 Å². The smallest absolute Gasteiger partial charge is 0.0761 e. The third-order valence-corrected chi connectivity index (χ3v) is 5.01. The van der Waals surface area contributed by atoms with Crippen LogP contribution in [0.5, 0.6) is 0 Å². The zero-order valence-corrected chi connectivity index (χ0v) is 12.2. The van der Waals surface area contributed by atoms with E-state index in [1.54, 1.807) is 11.5 Å². The van der Waals surface area contributed by atoms with Crippen LogP contribution >= 0.6 is 11.5 Å². The lowest BCUT2D eigenvalue weighted by Crippen LogP contribution is -2.47. The second-order valence-electron chi connectivity index (χ2n) is 5.62. The Morgan fingerprint density at radius 1 is 1.26 bits per heavy atom. The van der Waals surface area contributed by atoms with Crippen LogP contribution in [0.2, 0.25) is 0 Å². The van der Waals surface area contributed by atoms with Crippen molar-refractivity contribution in [2.75, 3.05) is 0 Å². The number of benzene rings is 1. The minimum Gasteiger partial charge on any atom is -0.393 e. The van der Waals surface area contributed by atoms with Gasteiger partial charge in [0.25, 0.3) is 0 Å². The zero-order chi connectivity index (χ0) is 13.4. The highest BCUT2D eigenvalue weighted by molar-refractivity contribution is 7.13. The van der Waals surface area contributed by atoms with Crippen molar-refractivity contribution in [2.45, 2.75) is 51.4 Å². The summed E-state index contributed by atoms with van der Waals surface area (Å²) in [4.78, 5) is 2.47. The van der Waals surface area contributed by atoms with E-state index in [1.165, 1.54) is 15.8 Å². The van der Waals surface area contributed by atoms with Gasteiger partial charge in [0, 0.05) is 24.0 Å². The van der Waals surface area contributed by atoms with Gasteiger partial charge in [0.1, 0.15) is 0 Å². The molecule has 0 amide bonds. The highest BCUT2D eigenvalue weighted by Crippen LogP contribution is 2.28. The minimum absolute atomic E-state index is 0.145. The van der Waals surface area contributed by atoms with E-state index in [0.29, 0.717) is 12.1 Å². The third kappa shape index (κ3) is 2.53. The first-order valence-corrected chi connectivity index (χ1v) is 7.69. The highest BCUT2D eigenvalue weighted by atomic mass is 32.1. The molecule has 3 rings (SSSR count). The fourth-order valence-electron chi connectivity index (χ4n) is 3.13. The van der Waals surface area contributed by atoms with Crippen molar-refractivity contribution in [1.82, 2.24) is 9.27 Å². The molecule has 4 heteroatoms. The van der Waals surface area contributed by atoms with Gasteiger partial charge in [-0.2, -0.15) is 4.37 Å². The summed E-state index contributed by atoms with van der Waals surface area (Å²) >= 11 is 1.58. The monoisotopic (exact) mass is 276 g/mol. The SMILES string of the molecule is CC1CC(O)CC(C)N1Cc1nsc2ccccc12. The molecule has 3 nitrogen and oxygen atoms in total. The molecule has 1 N–H and O–H groups in total. The number of likely N-dealkylation sites (tertiary alicyclic amines) is 1. The van der Waals surface area contributed by atoms with Gasteiger partial charge in [0.2, 0.25) is 0 Å². The molecule has 2 heterocycles. The maximum Gasteiger partial charge on any atom is 0.0761 e. The summed E-state index contributed by atoms with van der Waals surface area (Å²) in [6.07, 6.45) is 1.59. The number of hydrogen-bond acceptors (Lipinski definition) is 4. The normalized spacial score (nSPS) is 28.9. The van der Waals surface area contributed by atoms with Crippen LogP contribution in [-0.4, -0.2) is 32.6 Å². The Hall–Kier alpha value is -0.970. The second kappa shape index (κ2) is 5.19. The van der Waals surface area contributed by atoms with Crippen LogP contribution in [0.4, 0.5) is 0 Å². The summed E-state index contributed by atoms with van der Waals surface area (Å²) in [5.41, 5.74) is 1.18. The third-order valence-electron chi connectivity index (χ3n) is 4.14. The minimum atomic E-state index is -0.145. The quantitative estimate of drug-likeness (QED) is 0.916. The van der Waals surface area contributed by atoms with Gasteiger partial charge >= 0.3 is 0 Å². The first kappa shape index (κ1) is 13.0. The average molecular weight is 276 g/mol. The van der Waals surface area contributed by atoms with E-state index >= 15 is 0 Å². The molecule has 0 bridgehead atoms. The molecule has 1 aliphatic heterocycles. The van der Waals surface area contributed by atoms with E-state index in [-0.39, 0.29) is 6.10 Å². The molecule has 102 valence electrons. The van der Waals surface area contributed by atoms with E-state index < -0.39 is 0 Å². The number of nitrogens with zero attached hydrogens (tertiary/aromatic N) is 2. The molecule has 2 aromatic rings. The lowest BCUT2D eigenvalue weighted by atomic mass is 9.94. The molecular weight excluding hydrogens is 256 g/mol. The summed E-state index contributed by atoms with van der Waals surface area (Å²) in [6.45, 7) is 5.29. The van der Waals surface area contributed by atoms with E-state index in [0.717, 1.165) is 19.4 Å². The summed E-state index contributed by atoms with van der Waals surface area (Å²) in [6, 6.07) is 9.25. The van der Waals surface area contributed by atoms with Crippen LogP contribution in [0.25, 0.3) is 10.1 Å². The molecule has 1 fully saturated rings. The van der Waals surface area contributed by atoms with Crippen LogP contribution in [0.15, 0.2) is 24.3 Å². The summed E-state index contributed by atoms with van der Waals surface area (Å²) in [5.74, 6) is 0. The molecule has 1 aromatic heterocycles. The summed E-state index contributed by atoms with van der Waals surface area (Å²) in [5, 5.41) is 11.1. The number of rotatable bonds is 2. The average Bonchev–Trinajstić information content (AvgIpc) is 2.77. The van der Waals surface area contributed by atoms with Crippen molar-refractivity contribution >= 4 is 21.6 Å². The molecule has 0 saturated carbocycles. The van der Waals surface area contributed by atoms with Crippen LogP contribution in [0.1, 0.15) is 32.4 Å². The molecule has 2 unspecified atom stereocenters. The Balaban J connectivity index is 1.84. The fourth-order valence-corrected chi connectivity index (χ4v) is 3.91. The Bertz CT molecular complexity index is 556. The summed E-state index contributed by atoms with van der Waals surface area (Å²) in [7, 11) is 0. The van der Waals surface area contributed by atoms with Crippen LogP contribution in [0, 0.1) is 0 Å². The molecule has 1 aromatic carbocycles. The van der Waals surface area contributed by atoms with Gasteiger partial charge in [0.05, 0.1) is 16.5 Å². The van der Waals surface area contributed by atoms with Crippen molar-refractivity contribution in [1.29, 1.82) is 0 Å². The molecule has 2 atom stereocenters. The lowest BCUT2D eigenvalue weighted by Gasteiger charge is -2.40. The predicted molar refractivity (Wildman–Crippen MR) is 79.3 cm³/mol. The fraction of sp³-hybridized carbons (Fsp3) is 0.533. The molecule has 1 saturated heterocycles. The number of hydrogen-bond donors (Lipinski definition) is 1. The van der Waals surface area contributed by atoms with Crippen LogP contribution in [-0.2, 0) is 6.54 Å². The van der Waals surface area contributed by atoms with Gasteiger partial charge in [-0.1, -0.05) is 18.2 Å². The maximum atomic E-state index is 9.83. The summed E-state index contributed by atoms with van der Waals surface area (Å²) < 4.78 is 5.87. The Labute approximate surface area is 118 Å². The Morgan fingerprint density at radius 3 is 2.68 bits per heavy atom. The number of fused-ring (bicyclic) bond motifs is 1. The number of aromatic nitrogens is 1. The van der Waals surface area contributed by atoms with Gasteiger partial charge < -0.3 is 5.11 Å². The number of aliphatic hydroxyl groups excluding tert-OH is 1. The van der Waals surface area contributed by atoms with Gasteiger partial charge in [0.15, 0.2) is 0 Å². The topological polar surface area (TPSA) is 36.4 Å². The first-order valence-electron chi connectivity index (χ1n) is 6.92. The standard InChI is InChI=1S/C15H20N2OS/c1-10-7-12(18)8-11(2)17(10)9-14-13-5-3-4-6-15(13)19-16-14/h3-6,10-12,18H,7-9H2,1-2H3. The molecule has 0 radical (unpaired) electrons. The molecule has 0 aliphatic carbocycles. The van der Waals surface area contributed by atoms with Crippen molar-refractivity contribution < 1.29 is 5.11 Å². The number of aliphatic hydroxyl groups is 1. The van der Waals surface area contributed by atoms with Gasteiger partial charge in [-0.05, 0) is 44.3 Å². The first-order chi connectivity index (χ1) is 9.15. The Morgan fingerprint density at radius 2 is 1.95 bits per heavy atom. The van der Waals surface area contributed by atoms with E-state index in [2.05, 4.69) is 47.4 Å². The zero-order valence-electron chi connectivity index (χ0n) is 11.4. The van der Waals surface area contributed by atoms with Crippen LogP contribution in [0.3, 0.4) is 0 Å². The molecule has 19 heavy (non-hydrogen) atoms. The van der Waals surface area contributed by atoms with Gasteiger partial charge in [-0.3, -0.25) is 4.90 Å². The largest absolute Gasteiger partial charge is 0.393 e. The molecule has 0 spiro atoms. The van der Waals surface area contributed by atoms with E-state index in [9.17, 15) is 5.11 Å². The molecular formula is C15H20N2OS. The van der Waals surface area contributed by atoms with Crippen LogP contribution < -0.4 is 0 Å². The lowest BCUT2D eigenvalue weighted by molar-refractivity contribution is 0.00835. The maximum absolute atomic E-state index is 9.83. The number of piperidine rings is 1.